The zero-order chi connectivity index (χ0) is 13.1. The molecule has 0 saturated carbocycles. The fourth-order valence-electron chi connectivity index (χ4n) is 1.59. The van der Waals surface area contributed by atoms with Gasteiger partial charge in [-0.15, -0.1) is 0 Å². The predicted molar refractivity (Wildman–Crippen MR) is 64.8 cm³/mol. The zero-order valence-electron chi connectivity index (χ0n) is 10.5. The minimum Gasteiger partial charge on any atom is -0.394 e. The van der Waals surface area contributed by atoms with E-state index in [2.05, 4.69) is 5.32 Å². The molecule has 5 heteroatoms. The first-order chi connectivity index (χ1) is 7.99. The summed E-state index contributed by atoms with van der Waals surface area (Å²) >= 11 is 0. The van der Waals surface area contributed by atoms with E-state index in [0.717, 1.165) is 5.69 Å². The van der Waals surface area contributed by atoms with Crippen LogP contribution in [0, 0.1) is 6.92 Å². The van der Waals surface area contributed by atoms with Crippen molar-refractivity contribution in [1.29, 1.82) is 0 Å². The number of rotatable bonds is 5. The van der Waals surface area contributed by atoms with Gasteiger partial charge in [-0.2, -0.15) is 0 Å². The zero-order valence-corrected chi connectivity index (χ0v) is 10.5. The second kappa shape index (κ2) is 5.33. The second-order valence-electron chi connectivity index (χ2n) is 4.32. The maximum atomic E-state index is 12.0. The minimum absolute atomic E-state index is 0.283. The number of carbonyl (C=O) groups is 1. The van der Waals surface area contributed by atoms with E-state index in [1.54, 1.807) is 17.7 Å². The molecule has 1 amide bonds. The van der Waals surface area contributed by atoms with Crippen LogP contribution in [-0.4, -0.2) is 39.4 Å². The van der Waals surface area contributed by atoms with E-state index in [1.807, 2.05) is 19.9 Å². The molecule has 0 spiro atoms. The van der Waals surface area contributed by atoms with Gasteiger partial charge in [0.25, 0.3) is 5.91 Å². The molecule has 0 bridgehead atoms. The average Bonchev–Trinajstić information content (AvgIpc) is 2.67. The lowest BCUT2D eigenvalue weighted by Crippen LogP contribution is -2.54. The molecule has 1 aromatic rings. The summed E-state index contributed by atoms with van der Waals surface area (Å²) in [7, 11) is 1.80. The molecule has 1 heterocycles. The van der Waals surface area contributed by atoms with Crippen molar-refractivity contribution in [2.45, 2.75) is 25.8 Å². The molecule has 0 saturated heterocycles. The Morgan fingerprint density at radius 3 is 2.35 bits per heavy atom. The summed E-state index contributed by atoms with van der Waals surface area (Å²) in [5.74, 6) is -0.287. The predicted octanol–water partition coefficient (Wildman–Crippen LogP) is 0.197. The van der Waals surface area contributed by atoms with Gasteiger partial charge in [0.1, 0.15) is 5.69 Å². The fraction of sp³-hybridized carbons (Fsp3) is 0.583. The van der Waals surface area contributed by atoms with E-state index in [1.165, 1.54) is 0 Å². The molecule has 96 valence electrons. The summed E-state index contributed by atoms with van der Waals surface area (Å²) in [5.41, 5.74) is 0.544. The van der Waals surface area contributed by atoms with Crippen molar-refractivity contribution in [3.63, 3.8) is 0 Å². The highest BCUT2D eigenvalue weighted by molar-refractivity contribution is 5.93. The first kappa shape index (κ1) is 13.7. The molecule has 0 atom stereocenters. The number of hydrogen-bond acceptors (Lipinski definition) is 3. The highest BCUT2D eigenvalue weighted by Gasteiger charge is 2.29. The molecular weight excluding hydrogens is 220 g/mol. The number of hydrogen-bond donors (Lipinski definition) is 3. The Labute approximate surface area is 101 Å². The van der Waals surface area contributed by atoms with Gasteiger partial charge in [0.2, 0.25) is 0 Å². The molecule has 0 aliphatic rings. The summed E-state index contributed by atoms with van der Waals surface area (Å²) in [5, 5.41) is 21.2. The van der Waals surface area contributed by atoms with Crippen LogP contribution >= 0.6 is 0 Å². The summed E-state index contributed by atoms with van der Waals surface area (Å²) in [6.45, 7) is 3.15. The molecule has 1 aromatic heterocycles. The summed E-state index contributed by atoms with van der Waals surface area (Å²) in [4.78, 5) is 12.0. The maximum absolute atomic E-state index is 12.0. The lowest BCUT2D eigenvalue weighted by molar-refractivity contribution is 0.0646. The highest BCUT2D eigenvalue weighted by atomic mass is 16.3. The number of aromatic nitrogens is 1. The molecule has 0 aliphatic carbocycles. The minimum atomic E-state index is -0.949. The quantitative estimate of drug-likeness (QED) is 0.688. The van der Waals surface area contributed by atoms with Crippen molar-refractivity contribution in [3.05, 3.63) is 23.5 Å². The fourth-order valence-corrected chi connectivity index (χ4v) is 1.59. The van der Waals surface area contributed by atoms with Crippen molar-refractivity contribution in [2.24, 2.45) is 7.05 Å². The van der Waals surface area contributed by atoms with Crippen LogP contribution in [0.25, 0.3) is 0 Å². The maximum Gasteiger partial charge on any atom is 0.268 e. The Bertz CT molecular complexity index is 386. The molecule has 0 radical (unpaired) electrons. The van der Waals surface area contributed by atoms with Crippen molar-refractivity contribution >= 4 is 5.91 Å². The van der Waals surface area contributed by atoms with E-state index >= 15 is 0 Å². The van der Waals surface area contributed by atoms with E-state index in [9.17, 15) is 15.0 Å². The van der Waals surface area contributed by atoms with Gasteiger partial charge in [-0.25, -0.2) is 0 Å². The van der Waals surface area contributed by atoms with Crippen molar-refractivity contribution in [3.8, 4) is 0 Å². The molecule has 1 rings (SSSR count). The molecule has 17 heavy (non-hydrogen) atoms. The molecule has 3 N–H and O–H groups in total. The van der Waals surface area contributed by atoms with Crippen LogP contribution in [0.5, 0.6) is 0 Å². The van der Waals surface area contributed by atoms with Gasteiger partial charge in [-0.05, 0) is 25.5 Å². The third kappa shape index (κ3) is 2.68. The summed E-state index contributed by atoms with van der Waals surface area (Å²) in [6, 6.07) is 3.57. The van der Waals surface area contributed by atoms with Crippen molar-refractivity contribution < 1.29 is 15.0 Å². The Kier molecular flexibility index (Phi) is 4.31. The SMILES string of the molecule is CCC(CO)(CO)NC(=O)c1ccc(C)n1C. The van der Waals surface area contributed by atoms with Crippen LogP contribution in [0.4, 0.5) is 0 Å². The van der Waals surface area contributed by atoms with Crippen molar-refractivity contribution in [1.82, 2.24) is 9.88 Å². The van der Waals surface area contributed by atoms with Gasteiger partial charge >= 0.3 is 0 Å². The topological polar surface area (TPSA) is 74.5 Å². The molecule has 0 fully saturated rings. The lowest BCUT2D eigenvalue weighted by Gasteiger charge is -2.29. The Balaban J connectivity index is 2.88. The number of aliphatic hydroxyl groups excluding tert-OH is 2. The van der Waals surface area contributed by atoms with E-state index in [-0.39, 0.29) is 19.1 Å². The number of aliphatic hydroxyl groups is 2. The third-order valence-electron chi connectivity index (χ3n) is 3.27. The van der Waals surface area contributed by atoms with E-state index < -0.39 is 5.54 Å². The number of nitrogens with one attached hydrogen (secondary N) is 1. The largest absolute Gasteiger partial charge is 0.394 e. The number of carbonyl (C=O) groups excluding carboxylic acids is 1. The van der Waals surface area contributed by atoms with Crippen LogP contribution < -0.4 is 5.32 Å². The Morgan fingerprint density at radius 1 is 1.41 bits per heavy atom. The normalized spacial score (nSPS) is 11.6. The molecular formula is C12H20N2O3. The van der Waals surface area contributed by atoms with Gasteiger partial charge in [0.15, 0.2) is 0 Å². The second-order valence-corrected chi connectivity index (χ2v) is 4.32. The van der Waals surface area contributed by atoms with Crippen LogP contribution in [0.2, 0.25) is 0 Å². The molecule has 5 nitrogen and oxygen atoms in total. The number of aryl methyl sites for hydroxylation is 1. The van der Waals surface area contributed by atoms with Crippen molar-refractivity contribution in [2.75, 3.05) is 13.2 Å². The van der Waals surface area contributed by atoms with E-state index in [4.69, 9.17) is 0 Å². The number of amides is 1. The van der Waals surface area contributed by atoms with E-state index in [0.29, 0.717) is 12.1 Å². The van der Waals surface area contributed by atoms with Gasteiger partial charge in [0.05, 0.1) is 18.8 Å². The first-order valence-electron chi connectivity index (χ1n) is 5.66. The van der Waals surface area contributed by atoms with Crippen LogP contribution in [0.15, 0.2) is 12.1 Å². The van der Waals surface area contributed by atoms with Gasteiger partial charge < -0.3 is 20.1 Å². The molecule has 0 aliphatic heterocycles. The Morgan fingerprint density at radius 2 is 2.00 bits per heavy atom. The lowest BCUT2D eigenvalue weighted by atomic mass is 9.98. The highest BCUT2D eigenvalue weighted by Crippen LogP contribution is 2.12. The first-order valence-corrected chi connectivity index (χ1v) is 5.66. The standard InChI is InChI=1S/C12H20N2O3/c1-4-12(7-15,8-16)13-11(17)10-6-5-9(2)14(10)3/h5-6,15-16H,4,7-8H2,1-3H3,(H,13,17). The van der Waals surface area contributed by atoms with Gasteiger partial charge in [-0.3, -0.25) is 4.79 Å². The van der Waals surface area contributed by atoms with Crippen LogP contribution in [0.1, 0.15) is 29.5 Å². The molecule has 0 unspecified atom stereocenters. The summed E-state index contributed by atoms with van der Waals surface area (Å²) in [6.07, 6.45) is 0.467. The summed E-state index contributed by atoms with van der Waals surface area (Å²) < 4.78 is 1.77. The monoisotopic (exact) mass is 240 g/mol. The number of nitrogens with zero attached hydrogens (tertiary/aromatic N) is 1. The average molecular weight is 240 g/mol. The molecule has 0 aromatic carbocycles. The van der Waals surface area contributed by atoms with Gasteiger partial charge in [0, 0.05) is 12.7 Å². The van der Waals surface area contributed by atoms with Crippen LogP contribution in [-0.2, 0) is 7.05 Å². The third-order valence-corrected chi connectivity index (χ3v) is 3.27. The van der Waals surface area contributed by atoms with Gasteiger partial charge in [-0.1, -0.05) is 6.92 Å². The Hall–Kier alpha value is -1.33. The van der Waals surface area contributed by atoms with Crippen LogP contribution in [0.3, 0.4) is 0 Å². The smallest absolute Gasteiger partial charge is 0.268 e.